The highest BCUT2D eigenvalue weighted by Crippen LogP contribution is 2.22. The number of carboxylic acid groups (broad SMARTS) is 2. The van der Waals surface area contributed by atoms with Crippen molar-refractivity contribution < 1.29 is 47.3 Å². The van der Waals surface area contributed by atoms with Crippen LogP contribution in [0.3, 0.4) is 0 Å². The number of carbonyl (C=O) groups excluding carboxylic acids is 2. The number of amidine groups is 1. The molecule has 2 aromatic rings. The summed E-state index contributed by atoms with van der Waals surface area (Å²) in [5, 5.41) is 26.3. The molecule has 0 aliphatic carbocycles. The summed E-state index contributed by atoms with van der Waals surface area (Å²) in [5.74, 6) is -5.44. The van der Waals surface area contributed by atoms with Gasteiger partial charge in [0.25, 0.3) is 5.91 Å². The van der Waals surface area contributed by atoms with Gasteiger partial charge in [-0.15, -0.1) is 0 Å². The van der Waals surface area contributed by atoms with E-state index in [4.69, 9.17) is 30.9 Å². The third-order valence-corrected chi connectivity index (χ3v) is 5.46. The number of nitrogens with one attached hydrogen (secondary N) is 2. The molecule has 0 atom stereocenters. The Kier molecular flexibility index (Phi) is 10.8. The second kappa shape index (κ2) is 13.8. The number of amides is 1. The first kappa shape index (κ1) is 30.6. The molecular weight excluding hydrogens is 525 g/mol. The topological polar surface area (TPSA) is 183 Å². The molecule has 1 aliphatic rings. The third-order valence-electron chi connectivity index (χ3n) is 5.46. The predicted octanol–water partition coefficient (Wildman–Crippen LogP) is 2.21. The molecule has 0 spiro atoms. The second-order valence-corrected chi connectivity index (χ2v) is 8.29. The number of ether oxygens (including phenoxy) is 1. The first-order valence-electron chi connectivity index (χ1n) is 11.6. The summed E-state index contributed by atoms with van der Waals surface area (Å²) in [5.41, 5.74) is 7.90. The molecule has 1 heterocycles. The predicted molar refractivity (Wildman–Crippen MR) is 133 cm³/mol. The summed E-state index contributed by atoms with van der Waals surface area (Å²) in [4.78, 5) is 46.0. The van der Waals surface area contributed by atoms with Crippen LogP contribution in [0.1, 0.15) is 34.3 Å². The Morgan fingerprint density at radius 2 is 1.56 bits per heavy atom. The number of nitrogen functional groups attached to an aromatic ring is 1. The van der Waals surface area contributed by atoms with Crippen LogP contribution in [0.25, 0.3) is 0 Å². The molecule has 0 bridgehead atoms. The minimum absolute atomic E-state index is 0.0905. The number of hydrogen-bond acceptors (Lipinski definition) is 7. The zero-order valence-corrected chi connectivity index (χ0v) is 20.6. The van der Waals surface area contributed by atoms with E-state index in [9.17, 15) is 27.6 Å². The summed E-state index contributed by atoms with van der Waals surface area (Å²) in [6, 6.07) is 12.0. The molecular formula is C25H27F3N4O7. The number of nitrogens with zero attached hydrogens (tertiary/aromatic N) is 1. The van der Waals surface area contributed by atoms with Gasteiger partial charge in [-0.25, -0.2) is 9.59 Å². The third kappa shape index (κ3) is 9.64. The number of nitrogens with two attached hydrogens (primary N) is 1. The number of hydrogen-bond donors (Lipinski definition) is 5. The van der Waals surface area contributed by atoms with E-state index in [2.05, 4.69) is 10.2 Å². The largest absolute Gasteiger partial charge is 0.491 e. The van der Waals surface area contributed by atoms with E-state index in [1.807, 2.05) is 12.1 Å². The SMILES string of the molecule is N=C(N)c1ccc(CC(=O)C(=O)O)c(OCCNC(=O)c2ccc(N3CCCC3)cc2)c1.O=C(O)C(F)(F)F. The highest BCUT2D eigenvalue weighted by atomic mass is 19.4. The Bertz CT molecular complexity index is 1210. The lowest BCUT2D eigenvalue weighted by Crippen LogP contribution is -2.28. The zero-order chi connectivity index (χ0) is 29.2. The molecule has 11 nitrogen and oxygen atoms in total. The molecule has 0 saturated carbocycles. The molecule has 2 aromatic carbocycles. The lowest BCUT2D eigenvalue weighted by atomic mass is 10.0. The average Bonchev–Trinajstić information content (AvgIpc) is 3.42. The lowest BCUT2D eigenvalue weighted by Gasteiger charge is -2.17. The molecule has 14 heteroatoms. The molecule has 1 fully saturated rings. The van der Waals surface area contributed by atoms with Crippen molar-refractivity contribution in [1.29, 1.82) is 5.41 Å². The van der Waals surface area contributed by atoms with Crippen LogP contribution in [-0.4, -0.2) is 72.1 Å². The van der Waals surface area contributed by atoms with Crippen molar-refractivity contribution in [1.82, 2.24) is 5.32 Å². The van der Waals surface area contributed by atoms with Gasteiger partial charge in [-0.3, -0.25) is 15.0 Å². The van der Waals surface area contributed by atoms with Gasteiger partial charge in [0, 0.05) is 41.9 Å². The van der Waals surface area contributed by atoms with Crippen molar-refractivity contribution in [3.8, 4) is 5.75 Å². The van der Waals surface area contributed by atoms with E-state index in [1.54, 1.807) is 12.1 Å². The Hall–Kier alpha value is -4.62. The number of halogens is 3. The zero-order valence-electron chi connectivity index (χ0n) is 20.6. The van der Waals surface area contributed by atoms with Gasteiger partial charge in [0.05, 0.1) is 6.54 Å². The standard InChI is InChI=1S/C23H26N4O5.C2HF3O2/c24-21(25)17-4-3-16(13-19(28)23(30)31)20(14-17)32-12-9-26-22(29)15-5-7-18(8-6-15)27-10-1-2-11-27;3-2(4,5)1(6)7/h3-8,14H,1-2,9-13H2,(H3,24,25)(H,26,29)(H,30,31);(H,6,7). The van der Waals surface area contributed by atoms with Crippen molar-refractivity contribution in [3.05, 3.63) is 59.2 Å². The van der Waals surface area contributed by atoms with Gasteiger partial charge in [0.15, 0.2) is 0 Å². The van der Waals surface area contributed by atoms with E-state index in [0.717, 1.165) is 18.8 Å². The average molecular weight is 553 g/mol. The highest BCUT2D eigenvalue weighted by molar-refractivity contribution is 6.33. The number of ketones is 1. The fourth-order valence-electron chi connectivity index (χ4n) is 3.48. The number of Topliss-reactive ketones (excluding diaryl/α,β-unsaturated/α-hetero) is 1. The fourth-order valence-corrected chi connectivity index (χ4v) is 3.48. The van der Waals surface area contributed by atoms with Crippen LogP contribution in [0.2, 0.25) is 0 Å². The van der Waals surface area contributed by atoms with Crippen LogP contribution in [0.4, 0.5) is 18.9 Å². The Balaban J connectivity index is 0.000000673. The van der Waals surface area contributed by atoms with Crippen LogP contribution < -0.4 is 20.7 Å². The van der Waals surface area contributed by atoms with Crippen molar-refractivity contribution in [2.24, 2.45) is 5.73 Å². The van der Waals surface area contributed by atoms with Crippen LogP contribution in [-0.2, 0) is 20.8 Å². The van der Waals surface area contributed by atoms with E-state index < -0.39 is 23.9 Å². The van der Waals surface area contributed by atoms with Crippen molar-refractivity contribution in [2.45, 2.75) is 25.4 Å². The molecule has 0 unspecified atom stereocenters. The maximum atomic E-state index is 12.4. The van der Waals surface area contributed by atoms with Crippen LogP contribution >= 0.6 is 0 Å². The van der Waals surface area contributed by atoms with Gasteiger partial charge in [0.2, 0.25) is 5.78 Å². The quantitative estimate of drug-likeness (QED) is 0.128. The molecule has 0 radical (unpaired) electrons. The van der Waals surface area contributed by atoms with Crippen LogP contribution in [0.15, 0.2) is 42.5 Å². The number of anilines is 1. The van der Waals surface area contributed by atoms with E-state index >= 15 is 0 Å². The smallest absolute Gasteiger partial charge is 0.490 e. The molecule has 1 aliphatic heterocycles. The van der Waals surface area contributed by atoms with Gasteiger partial charge < -0.3 is 30.9 Å². The molecule has 3 rings (SSSR count). The van der Waals surface area contributed by atoms with Gasteiger partial charge in [-0.05, 0) is 43.2 Å². The summed E-state index contributed by atoms with van der Waals surface area (Å²) in [6.07, 6.45) is -3.06. The van der Waals surface area contributed by atoms with Crippen molar-refractivity contribution in [3.63, 3.8) is 0 Å². The highest BCUT2D eigenvalue weighted by Gasteiger charge is 2.38. The number of aliphatic carboxylic acids is 2. The normalized spacial score (nSPS) is 12.6. The van der Waals surface area contributed by atoms with E-state index in [0.29, 0.717) is 16.7 Å². The maximum absolute atomic E-state index is 12.4. The van der Waals surface area contributed by atoms with Crippen molar-refractivity contribution >= 4 is 35.2 Å². The molecule has 210 valence electrons. The van der Waals surface area contributed by atoms with Gasteiger partial charge >= 0.3 is 18.1 Å². The van der Waals surface area contributed by atoms with Gasteiger partial charge in [-0.1, -0.05) is 12.1 Å². The molecule has 1 amide bonds. The fraction of sp³-hybridized carbons (Fsp3) is 0.320. The first-order valence-corrected chi connectivity index (χ1v) is 11.6. The van der Waals surface area contributed by atoms with Crippen LogP contribution in [0.5, 0.6) is 5.75 Å². The van der Waals surface area contributed by atoms with Crippen molar-refractivity contribution in [2.75, 3.05) is 31.1 Å². The van der Waals surface area contributed by atoms with E-state index in [1.165, 1.54) is 31.0 Å². The second-order valence-electron chi connectivity index (χ2n) is 8.29. The van der Waals surface area contributed by atoms with Crippen LogP contribution in [0, 0.1) is 5.41 Å². The van der Waals surface area contributed by atoms with E-state index in [-0.39, 0.29) is 37.1 Å². The molecule has 39 heavy (non-hydrogen) atoms. The summed E-state index contributed by atoms with van der Waals surface area (Å²) < 4.78 is 37.4. The number of benzene rings is 2. The summed E-state index contributed by atoms with van der Waals surface area (Å²) in [7, 11) is 0. The number of alkyl halides is 3. The first-order chi connectivity index (χ1) is 18.3. The lowest BCUT2D eigenvalue weighted by molar-refractivity contribution is -0.192. The Morgan fingerprint density at radius 3 is 2.08 bits per heavy atom. The summed E-state index contributed by atoms with van der Waals surface area (Å²) >= 11 is 0. The maximum Gasteiger partial charge on any atom is 0.490 e. The Morgan fingerprint density at radius 1 is 1.00 bits per heavy atom. The minimum atomic E-state index is -5.08. The molecule has 0 aromatic heterocycles. The minimum Gasteiger partial charge on any atom is -0.491 e. The molecule has 1 saturated heterocycles. The Labute approximate surface area is 220 Å². The number of rotatable bonds is 10. The monoisotopic (exact) mass is 552 g/mol. The van der Waals surface area contributed by atoms with Gasteiger partial charge in [-0.2, -0.15) is 13.2 Å². The number of carboxylic acids is 2. The number of carbonyl (C=O) groups is 4. The summed E-state index contributed by atoms with van der Waals surface area (Å²) in [6.45, 7) is 2.36. The van der Waals surface area contributed by atoms with Gasteiger partial charge in [0.1, 0.15) is 18.2 Å². The molecule has 6 N–H and O–H groups in total.